The zero-order valence-corrected chi connectivity index (χ0v) is 13.5. The van der Waals surface area contributed by atoms with Crippen LogP contribution in [0.5, 0.6) is 5.75 Å². The molecule has 3 heteroatoms. The van der Waals surface area contributed by atoms with Crippen molar-refractivity contribution in [1.29, 1.82) is 0 Å². The number of nitrogens with one attached hydrogen (secondary N) is 1. The SMILES string of the molecule is Clc1ccc(COc2ccccc2CNc2ccccc2)cc1. The quantitative estimate of drug-likeness (QED) is 0.644. The first-order valence-corrected chi connectivity index (χ1v) is 7.93. The summed E-state index contributed by atoms with van der Waals surface area (Å²) in [6.07, 6.45) is 0. The zero-order chi connectivity index (χ0) is 15.9. The number of ether oxygens (including phenoxy) is 1. The fraction of sp³-hybridized carbons (Fsp3) is 0.100. The minimum atomic E-state index is 0.527. The van der Waals surface area contributed by atoms with Gasteiger partial charge in [0.25, 0.3) is 0 Å². The van der Waals surface area contributed by atoms with Crippen LogP contribution in [0.15, 0.2) is 78.9 Å². The zero-order valence-electron chi connectivity index (χ0n) is 12.7. The molecule has 3 rings (SSSR count). The molecule has 3 aromatic carbocycles. The first-order chi connectivity index (χ1) is 11.3. The van der Waals surface area contributed by atoms with Gasteiger partial charge in [-0.3, -0.25) is 0 Å². The van der Waals surface area contributed by atoms with Crippen LogP contribution in [0.2, 0.25) is 5.02 Å². The first kappa shape index (κ1) is 15.4. The lowest BCUT2D eigenvalue weighted by atomic mass is 10.2. The molecule has 0 aliphatic rings. The van der Waals surface area contributed by atoms with Crippen LogP contribution in [-0.4, -0.2) is 0 Å². The molecule has 0 atom stereocenters. The van der Waals surface area contributed by atoms with Crippen LogP contribution in [0.1, 0.15) is 11.1 Å². The second kappa shape index (κ2) is 7.70. The molecule has 23 heavy (non-hydrogen) atoms. The van der Waals surface area contributed by atoms with Crippen molar-refractivity contribution in [2.24, 2.45) is 0 Å². The van der Waals surface area contributed by atoms with Gasteiger partial charge in [-0.05, 0) is 35.9 Å². The molecule has 0 spiro atoms. The highest BCUT2D eigenvalue weighted by Crippen LogP contribution is 2.21. The van der Waals surface area contributed by atoms with Crippen LogP contribution in [-0.2, 0) is 13.2 Å². The number of hydrogen-bond donors (Lipinski definition) is 1. The molecule has 0 radical (unpaired) electrons. The number of hydrogen-bond acceptors (Lipinski definition) is 2. The van der Waals surface area contributed by atoms with Gasteiger partial charge in [-0.15, -0.1) is 0 Å². The van der Waals surface area contributed by atoms with E-state index in [4.69, 9.17) is 16.3 Å². The van der Waals surface area contributed by atoms with Crippen molar-refractivity contribution >= 4 is 17.3 Å². The third-order valence-corrected chi connectivity index (χ3v) is 3.79. The van der Waals surface area contributed by atoms with Crippen LogP contribution < -0.4 is 10.1 Å². The molecular formula is C20H18ClNO. The third-order valence-electron chi connectivity index (χ3n) is 3.54. The number of halogens is 1. The van der Waals surface area contributed by atoms with E-state index in [1.54, 1.807) is 0 Å². The lowest BCUT2D eigenvalue weighted by Crippen LogP contribution is -2.03. The highest BCUT2D eigenvalue weighted by molar-refractivity contribution is 6.30. The predicted molar refractivity (Wildman–Crippen MR) is 96.0 cm³/mol. The van der Waals surface area contributed by atoms with Gasteiger partial charge in [-0.2, -0.15) is 0 Å². The Morgan fingerprint density at radius 2 is 1.48 bits per heavy atom. The maximum Gasteiger partial charge on any atom is 0.124 e. The molecule has 0 amide bonds. The van der Waals surface area contributed by atoms with Gasteiger partial charge in [0.05, 0.1) is 0 Å². The Morgan fingerprint density at radius 3 is 2.26 bits per heavy atom. The number of rotatable bonds is 6. The predicted octanol–water partition coefficient (Wildman–Crippen LogP) is 5.53. The van der Waals surface area contributed by atoms with Crippen LogP contribution in [0.4, 0.5) is 5.69 Å². The molecule has 0 bridgehead atoms. The Bertz CT molecular complexity index is 741. The highest BCUT2D eigenvalue weighted by Gasteiger charge is 2.03. The van der Waals surface area contributed by atoms with Gasteiger partial charge in [-0.1, -0.05) is 60.1 Å². The Balaban J connectivity index is 1.64. The van der Waals surface area contributed by atoms with Gasteiger partial charge in [-0.25, -0.2) is 0 Å². The van der Waals surface area contributed by atoms with Crippen molar-refractivity contribution < 1.29 is 4.74 Å². The third kappa shape index (κ3) is 4.51. The van der Waals surface area contributed by atoms with Crippen LogP contribution in [0, 0.1) is 0 Å². The molecule has 0 aliphatic heterocycles. The molecule has 1 N–H and O–H groups in total. The van der Waals surface area contributed by atoms with E-state index in [-0.39, 0.29) is 0 Å². The minimum Gasteiger partial charge on any atom is -0.489 e. The molecule has 0 saturated carbocycles. The van der Waals surface area contributed by atoms with Crippen molar-refractivity contribution in [2.75, 3.05) is 5.32 Å². The molecule has 0 aromatic heterocycles. The molecule has 0 heterocycles. The Labute approximate surface area is 141 Å². The molecule has 0 saturated heterocycles. The molecule has 3 aromatic rings. The summed E-state index contributed by atoms with van der Waals surface area (Å²) >= 11 is 5.90. The van der Waals surface area contributed by atoms with Crippen molar-refractivity contribution in [3.8, 4) is 5.75 Å². The summed E-state index contributed by atoms with van der Waals surface area (Å²) in [6.45, 7) is 1.25. The van der Waals surface area contributed by atoms with Crippen LogP contribution in [0.25, 0.3) is 0 Å². The van der Waals surface area contributed by atoms with Crippen LogP contribution >= 0.6 is 11.6 Å². The second-order valence-corrected chi connectivity index (χ2v) is 5.68. The lowest BCUT2D eigenvalue weighted by molar-refractivity contribution is 0.303. The van der Waals surface area contributed by atoms with E-state index in [1.807, 2.05) is 60.7 Å². The van der Waals surface area contributed by atoms with E-state index in [1.165, 1.54) is 0 Å². The number of benzene rings is 3. The van der Waals surface area contributed by atoms with Gasteiger partial charge < -0.3 is 10.1 Å². The standard InChI is InChI=1S/C20H18ClNO/c21-18-12-10-16(11-13-18)15-23-20-9-5-4-6-17(20)14-22-19-7-2-1-3-8-19/h1-13,22H,14-15H2. The van der Waals surface area contributed by atoms with E-state index in [9.17, 15) is 0 Å². The van der Waals surface area contributed by atoms with E-state index in [2.05, 4.69) is 23.5 Å². The molecule has 116 valence electrons. The average molecular weight is 324 g/mol. The molecule has 0 aliphatic carbocycles. The van der Waals surface area contributed by atoms with Gasteiger partial charge in [0, 0.05) is 22.8 Å². The topological polar surface area (TPSA) is 21.3 Å². The highest BCUT2D eigenvalue weighted by atomic mass is 35.5. The fourth-order valence-corrected chi connectivity index (χ4v) is 2.41. The summed E-state index contributed by atoms with van der Waals surface area (Å²) in [7, 11) is 0. The van der Waals surface area contributed by atoms with E-state index in [0.717, 1.165) is 34.1 Å². The van der Waals surface area contributed by atoms with Crippen LogP contribution in [0.3, 0.4) is 0 Å². The summed E-state index contributed by atoms with van der Waals surface area (Å²) in [5, 5.41) is 4.15. The molecular weight excluding hydrogens is 306 g/mol. The van der Waals surface area contributed by atoms with Crippen molar-refractivity contribution in [3.05, 3.63) is 95.0 Å². The van der Waals surface area contributed by atoms with Gasteiger partial charge >= 0.3 is 0 Å². The monoisotopic (exact) mass is 323 g/mol. The molecule has 0 fully saturated rings. The smallest absolute Gasteiger partial charge is 0.124 e. The minimum absolute atomic E-state index is 0.527. The maximum atomic E-state index is 5.97. The van der Waals surface area contributed by atoms with E-state index in [0.29, 0.717) is 6.61 Å². The fourth-order valence-electron chi connectivity index (χ4n) is 2.29. The Morgan fingerprint density at radius 1 is 0.783 bits per heavy atom. The summed E-state index contributed by atoms with van der Waals surface area (Å²) in [5.41, 5.74) is 3.32. The second-order valence-electron chi connectivity index (χ2n) is 5.24. The molecule has 0 unspecified atom stereocenters. The van der Waals surface area contributed by atoms with Crippen molar-refractivity contribution in [3.63, 3.8) is 0 Å². The largest absolute Gasteiger partial charge is 0.489 e. The average Bonchev–Trinajstić information content (AvgIpc) is 2.61. The van der Waals surface area contributed by atoms with Gasteiger partial charge in [0.1, 0.15) is 12.4 Å². The van der Waals surface area contributed by atoms with E-state index >= 15 is 0 Å². The Kier molecular flexibility index (Phi) is 5.17. The maximum absolute atomic E-state index is 5.97. The van der Waals surface area contributed by atoms with Crippen molar-refractivity contribution in [2.45, 2.75) is 13.2 Å². The molecule has 2 nitrogen and oxygen atoms in total. The summed E-state index contributed by atoms with van der Waals surface area (Å²) in [6, 6.07) is 26.0. The number of para-hydroxylation sites is 2. The lowest BCUT2D eigenvalue weighted by Gasteiger charge is -2.13. The number of anilines is 1. The Hall–Kier alpha value is -2.45. The van der Waals surface area contributed by atoms with Crippen molar-refractivity contribution in [1.82, 2.24) is 0 Å². The summed E-state index contributed by atoms with van der Waals surface area (Å²) in [4.78, 5) is 0. The van der Waals surface area contributed by atoms with Gasteiger partial charge in [0.15, 0.2) is 0 Å². The van der Waals surface area contributed by atoms with Gasteiger partial charge in [0.2, 0.25) is 0 Å². The summed E-state index contributed by atoms with van der Waals surface area (Å²) in [5.74, 6) is 0.894. The summed E-state index contributed by atoms with van der Waals surface area (Å²) < 4.78 is 5.97. The normalized spacial score (nSPS) is 10.3. The first-order valence-electron chi connectivity index (χ1n) is 7.55. The van der Waals surface area contributed by atoms with E-state index < -0.39 is 0 Å².